The zero-order valence-electron chi connectivity index (χ0n) is 17.0. The van der Waals surface area contributed by atoms with Crippen molar-refractivity contribution >= 4 is 29.1 Å². The monoisotopic (exact) mass is 415 g/mol. The molecule has 2 aromatic rings. The molecule has 0 saturated carbocycles. The van der Waals surface area contributed by atoms with Gasteiger partial charge in [0.2, 0.25) is 5.91 Å². The van der Waals surface area contributed by atoms with E-state index in [0.29, 0.717) is 23.9 Å². The van der Waals surface area contributed by atoms with E-state index >= 15 is 0 Å². The third-order valence-electron chi connectivity index (χ3n) is 5.23. The molecule has 3 rings (SSSR count). The molecule has 1 aromatic carbocycles. The summed E-state index contributed by atoms with van der Waals surface area (Å²) in [4.78, 5) is 23.3. The van der Waals surface area contributed by atoms with Crippen molar-refractivity contribution in [2.24, 2.45) is 5.92 Å². The summed E-state index contributed by atoms with van der Waals surface area (Å²) >= 11 is 5.89. The van der Waals surface area contributed by atoms with E-state index < -0.39 is 0 Å². The van der Waals surface area contributed by atoms with Gasteiger partial charge in [0.25, 0.3) is 0 Å². The standard InChI is InChI=1S/C22H30ClN5O/c1-2-11-24-20-13-21(27-16-26-20)28-12-3-4-18(15-28)7-10-22(29)25-14-17-5-8-19(23)9-6-17/h5-6,8-9,13,16,18H,2-4,7,10-12,14-15H2,1H3,(H,25,29)(H,24,26,27)/t18-/m1/s1. The van der Waals surface area contributed by atoms with Crippen LogP contribution in [0.15, 0.2) is 36.7 Å². The van der Waals surface area contributed by atoms with Crippen LogP contribution >= 0.6 is 11.6 Å². The molecule has 0 unspecified atom stereocenters. The fraction of sp³-hybridized carbons (Fsp3) is 0.500. The second-order valence-corrected chi connectivity index (χ2v) is 8.02. The third kappa shape index (κ3) is 6.89. The van der Waals surface area contributed by atoms with Crippen LogP contribution in [0.5, 0.6) is 0 Å². The minimum Gasteiger partial charge on any atom is -0.370 e. The number of carbonyl (C=O) groups is 1. The Hall–Kier alpha value is -2.34. The van der Waals surface area contributed by atoms with Gasteiger partial charge in [-0.05, 0) is 49.3 Å². The maximum atomic E-state index is 12.2. The van der Waals surface area contributed by atoms with Crippen LogP contribution in [0.25, 0.3) is 0 Å². The van der Waals surface area contributed by atoms with Crippen molar-refractivity contribution in [3.05, 3.63) is 47.2 Å². The third-order valence-corrected chi connectivity index (χ3v) is 5.49. The van der Waals surface area contributed by atoms with Crippen LogP contribution in [0.2, 0.25) is 5.02 Å². The van der Waals surface area contributed by atoms with E-state index in [-0.39, 0.29) is 5.91 Å². The summed E-state index contributed by atoms with van der Waals surface area (Å²) < 4.78 is 0. The molecule has 2 N–H and O–H groups in total. The minimum atomic E-state index is 0.102. The van der Waals surface area contributed by atoms with Crippen LogP contribution < -0.4 is 15.5 Å². The summed E-state index contributed by atoms with van der Waals surface area (Å²) in [7, 11) is 0. The Morgan fingerprint density at radius 2 is 2.10 bits per heavy atom. The number of aromatic nitrogens is 2. The number of hydrogen-bond acceptors (Lipinski definition) is 5. The summed E-state index contributed by atoms with van der Waals surface area (Å²) in [6.45, 7) is 5.53. The Bertz CT molecular complexity index is 783. The fourth-order valence-corrected chi connectivity index (χ4v) is 3.73. The quantitative estimate of drug-likeness (QED) is 0.640. The number of nitrogens with one attached hydrogen (secondary N) is 2. The molecule has 156 valence electrons. The fourth-order valence-electron chi connectivity index (χ4n) is 3.61. The molecule has 1 amide bonds. The summed E-state index contributed by atoms with van der Waals surface area (Å²) in [6, 6.07) is 9.59. The van der Waals surface area contributed by atoms with Crippen molar-refractivity contribution in [3.8, 4) is 0 Å². The highest BCUT2D eigenvalue weighted by Crippen LogP contribution is 2.25. The van der Waals surface area contributed by atoms with Gasteiger partial charge in [0.15, 0.2) is 0 Å². The number of rotatable bonds is 9. The van der Waals surface area contributed by atoms with Gasteiger partial charge in [-0.25, -0.2) is 9.97 Å². The Morgan fingerprint density at radius 1 is 1.28 bits per heavy atom. The van der Waals surface area contributed by atoms with Gasteiger partial charge in [0.1, 0.15) is 18.0 Å². The first-order valence-corrected chi connectivity index (χ1v) is 10.8. The predicted molar refractivity (Wildman–Crippen MR) is 118 cm³/mol. The van der Waals surface area contributed by atoms with Crippen molar-refractivity contribution in [2.75, 3.05) is 29.9 Å². The Balaban J connectivity index is 1.44. The number of halogens is 1. The minimum absolute atomic E-state index is 0.102. The van der Waals surface area contributed by atoms with Crippen molar-refractivity contribution in [2.45, 2.75) is 45.6 Å². The molecular formula is C22H30ClN5O. The number of hydrogen-bond donors (Lipinski definition) is 2. The van der Waals surface area contributed by atoms with Gasteiger partial charge in [-0.1, -0.05) is 30.7 Å². The number of piperidine rings is 1. The Kier molecular flexibility index (Phi) is 8.11. The summed E-state index contributed by atoms with van der Waals surface area (Å²) in [5.41, 5.74) is 1.06. The van der Waals surface area contributed by atoms with Gasteiger partial charge in [-0.3, -0.25) is 4.79 Å². The van der Waals surface area contributed by atoms with Gasteiger partial charge >= 0.3 is 0 Å². The topological polar surface area (TPSA) is 70.2 Å². The lowest BCUT2D eigenvalue weighted by atomic mass is 9.93. The molecule has 1 aliphatic heterocycles. The first kappa shape index (κ1) is 21.4. The molecule has 0 radical (unpaired) electrons. The second-order valence-electron chi connectivity index (χ2n) is 7.58. The molecule has 1 aliphatic rings. The molecular weight excluding hydrogens is 386 g/mol. The Morgan fingerprint density at radius 3 is 2.90 bits per heavy atom. The highest BCUT2D eigenvalue weighted by Gasteiger charge is 2.22. The van der Waals surface area contributed by atoms with Gasteiger partial charge in [-0.2, -0.15) is 0 Å². The zero-order chi connectivity index (χ0) is 20.5. The smallest absolute Gasteiger partial charge is 0.220 e. The first-order chi connectivity index (χ1) is 14.1. The van der Waals surface area contributed by atoms with Crippen molar-refractivity contribution in [1.29, 1.82) is 0 Å². The van der Waals surface area contributed by atoms with E-state index in [4.69, 9.17) is 11.6 Å². The van der Waals surface area contributed by atoms with E-state index in [2.05, 4.69) is 32.4 Å². The van der Waals surface area contributed by atoms with Crippen LogP contribution in [0, 0.1) is 5.92 Å². The molecule has 0 spiro atoms. The lowest BCUT2D eigenvalue weighted by Gasteiger charge is -2.33. The van der Waals surface area contributed by atoms with Crippen molar-refractivity contribution in [3.63, 3.8) is 0 Å². The molecule has 0 bridgehead atoms. The van der Waals surface area contributed by atoms with E-state index in [1.165, 1.54) is 0 Å². The average molecular weight is 416 g/mol. The number of nitrogens with zero attached hydrogens (tertiary/aromatic N) is 3. The molecule has 0 aliphatic carbocycles. The molecule has 1 fully saturated rings. The van der Waals surface area contributed by atoms with Crippen molar-refractivity contribution in [1.82, 2.24) is 15.3 Å². The van der Waals surface area contributed by atoms with Crippen LogP contribution in [-0.4, -0.2) is 35.5 Å². The van der Waals surface area contributed by atoms with Crippen LogP contribution in [0.3, 0.4) is 0 Å². The largest absolute Gasteiger partial charge is 0.370 e. The van der Waals surface area contributed by atoms with Gasteiger partial charge < -0.3 is 15.5 Å². The predicted octanol–water partition coefficient (Wildman–Crippen LogP) is 4.26. The molecule has 7 heteroatoms. The van der Waals surface area contributed by atoms with Gasteiger partial charge in [0, 0.05) is 43.7 Å². The molecule has 1 saturated heterocycles. The summed E-state index contributed by atoms with van der Waals surface area (Å²) in [5, 5.41) is 7.03. The summed E-state index contributed by atoms with van der Waals surface area (Å²) in [6.07, 6.45) is 6.42. The lowest BCUT2D eigenvalue weighted by molar-refractivity contribution is -0.121. The molecule has 1 aromatic heterocycles. The highest BCUT2D eigenvalue weighted by atomic mass is 35.5. The average Bonchev–Trinajstić information content (AvgIpc) is 2.76. The summed E-state index contributed by atoms with van der Waals surface area (Å²) in [5.74, 6) is 2.45. The molecule has 1 atom stereocenters. The van der Waals surface area contributed by atoms with Crippen molar-refractivity contribution < 1.29 is 4.79 Å². The van der Waals surface area contributed by atoms with Gasteiger partial charge in [-0.15, -0.1) is 0 Å². The normalized spacial score (nSPS) is 16.5. The number of benzene rings is 1. The van der Waals surface area contributed by atoms with Crippen LogP contribution in [-0.2, 0) is 11.3 Å². The van der Waals surface area contributed by atoms with Gasteiger partial charge in [0.05, 0.1) is 0 Å². The SMILES string of the molecule is CCCNc1cc(N2CCC[C@H](CCC(=O)NCc3ccc(Cl)cc3)C2)ncn1. The zero-order valence-corrected chi connectivity index (χ0v) is 17.8. The molecule has 2 heterocycles. The molecule has 29 heavy (non-hydrogen) atoms. The number of amides is 1. The maximum Gasteiger partial charge on any atom is 0.220 e. The maximum absolute atomic E-state index is 12.2. The first-order valence-electron chi connectivity index (χ1n) is 10.5. The van der Waals surface area contributed by atoms with E-state index in [1.54, 1.807) is 6.33 Å². The number of carbonyl (C=O) groups excluding carboxylic acids is 1. The van der Waals surface area contributed by atoms with E-state index in [1.807, 2.05) is 30.3 Å². The van der Waals surface area contributed by atoms with Crippen LogP contribution in [0.4, 0.5) is 11.6 Å². The Labute approximate surface area is 178 Å². The highest BCUT2D eigenvalue weighted by molar-refractivity contribution is 6.30. The lowest BCUT2D eigenvalue weighted by Crippen LogP contribution is -2.36. The van der Waals surface area contributed by atoms with Crippen LogP contribution in [0.1, 0.15) is 44.6 Å². The second kappa shape index (κ2) is 11.0. The van der Waals surface area contributed by atoms with E-state index in [9.17, 15) is 4.79 Å². The number of anilines is 2. The molecule has 6 nitrogen and oxygen atoms in total. The van der Waals surface area contributed by atoms with E-state index in [0.717, 1.165) is 62.5 Å².